The summed E-state index contributed by atoms with van der Waals surface area (Å²) in [5.74, 6) is 0. The summed E-state index contributed by atoms with van der Waals surface area (Å²) in [7, 11) is -1.33. The van der Waals surface area contributed by atoms with Gasteiger partial charge in [-0.2, -0.15) is 5.10 Å². The van der Waals surface area contributed by atoms with Crippen LogP contribution in [-0.2, 0) is 16.9 Å². The van der Waals surface area contributed by atoms with Crippen LogP contribution in [0.4, 0.5) is 0 Å². The summed E-state index contributed by atoms with van der Waals surface area (Å²) in [6.45, 7) is 0. The maximum absolute atomic E-state index is 11.5. The number of hydrogen-bond donors (Lipinski definition) is 0. The Morgan fingerprint density at radius 2 is 1.59 bits per heavy atom. The molecule has 2 heterocycles. The molecule has 0 aliphatic carbocycles. The second-order valence-corrected chi connectivity index (χ2v) is 7.11. The number of aryl methyl sites for hydroxylation is 1. The van der Waals surface area contributed by atoms with Gasteiger partial charge < -0.3 is 0 Å². The van der Waals surface area contributed by atoms with Crippen molar-refractivity contribution in [3.05, 3.63) is 55.0 Å². The fourth-order valence-electron chi connectivity index (χ4n) is 2.30. The van der Waals surface area contributed by atoms with Gasteiger partial charge in [-0.3, -0.25) is 9.67 Å². The highest BCUT2D eigenvalue weighted by molar-refractivity contribution is 7.90. The molecule has 1 aromatic carbocycles. The minimum absolute atomic E-state index is 0.311. The molecule has 3 aromatic rings. The lowest BCUT2D eigenvalue weighted by Crippen LogP contribution is -1.96. The van der Waals surface area contributed by atoms with E-state index in [1.54, 1.807) is 41.3 Å². The Morgan fingerprint density at radius 3 is 2.18 bits per heavy atom. The van der Waals surface area contributed by atoms with Crippen LogP contribution < -0.4 is 0 Å². The van der Waals surface area contributed by atoms with Crippen molar-refractivity contribution >= 4 is 9.84 Å². The highest BCUT2D eigenvalue weighted by Crippen LogP contribution is 2.31. The summed E-state index contributed by atoms with van der Waals surface area (Å²) in [5.41, 5.74) is 3.69. The van der Waals surface area contributed by atoms with Gasteiger partial charge in [0.05, 0.1) is 4.90 Å². The summed E-state index contributed by atoms with van der Waals surface area (Å²) in [4.78, 5) is 4.33. The Kier molecular flexibility index (Phi) is 3.54. The molecule has 112 valence electrons. The van der Waals surface area contributed by atoms with Gasteiger partial charge in [0.25, 0.3) is 0 Å². The van der Waals surface area contributed by atoms with E-state index in [9.17, 15) is 8.42 Å². The largest absolute Gasteiger partial charge is 0.275 e. The first kappa shape index (κ1) is 14.5. The Hall–Kier alpha value is -2.47. The lowest BCUT2D eigenvalue weighted by molar-refractivity contribution is 0.602. The van der Waals surface area contributed by atoms with E-state index in [4.69, 9.17) is 0 Å². The topological polar surface area (TPSA) is 64.8 Å². The summed E-state index contributed by atoms with van der Waals surface area (Å²) in [6, 6.07) is 10.6. The molecule has 0 aliphatic rings. The van der Waals surface area contributed by atoms with Gasteiger partial charge in [0.2, 0.25) is 0 Å². The maximum Gasteiger partial charge on any atom is 0.175 e. The Bertz CT molecular complexity index is 898. The van der Waals surface area contributed by atoms with Gasteiger partial charge in [0.15, 0.2) is 9.84 Å². The van der Waals surface area contributed by atoms with E-state index in [2.05, 4.69) is 10.1 Å². The van der Waals surface area contributed by atoms with Gasteiger partial charge in [-0.15, -0.1) is 0 Å². The first-order chi connectivity index (χ1) is 10.4. The fourth-order valence-corrected chi connectivity index (χ4v) is 2.93. The van der Waals surface area contributed by atoms with Crippen LogP contribution in [0.5, 0.6) is 0 Å². The monoisotopic (exact) mass is 313 g/mol. The molecule has 3 rings (SSSR count). The summed E-state index contributed by atoms with van der Waals surface area (Å²) < 4.78 is 24.8. The predicted molar refractivity (Wildman–Crippen MR) is 85.0 cm³/mol. The number of sulfone groups is 1. The second-order valence-electron chi connectivity index (χ2n) is 5.10. The van der Waals surface area contributed by atoms with Crippen molar-refractivity contribution < 1.29 is 8.42 Å². The molecule has 2 aromatic heterocycles. The Balaban J connectivity index is 2.10. The second kappa shape index (κ2) is 5.38. The standard InChI is InChI=1S/C16H15N3O2S/c1-19-11-15(16(18-19)13-7-9-17-10-8-13)12-3-5-14(6-4-12)22(2,20)21/h3-11H,1-2H3. The average Bonchev–Trinajstić information content (AvgIpc) is 2.89. The maximum atomic E-state index is 11.5. The molecule has 5 nitrogen and oxygen atoms in total. The minimum Gasteiger partial charge on any atom is -0.275 e. The molecule has 0 aliphatic heterocycles. The average molecular weight is 313 g/mol. The Labute approximate surface area is 129 Å². The zero-order chi connectivity index (χ0) is 15.7. The van der Waals surface area contributed by atoms with Gasteiger partial charge in [-0.25, -0.2) is 8.42 Å². The summed E-state index contributed by atoms with van der Waals surface area (Å²) >= 11 is 0. The van der Waals surface area contributed by atoms with Crippen molar-refractivity contribution in [2.75, 3.05) is 6.26 Å². The zero-order valence-corrected chi connectivity index (χ0v) is 13.1. The molecule has 0 amide bonds. The molecule has 22 heavy (non-hydrogen) atoms. The number of rotatable bonds is 3. The minimum atomic E-state index is -3.19. The molecule has 0 fully saturated rings. The number of hydrogen-bond acceptors (Lipinski definition) is 4. The van der Waals surface area contributed by atoms with E-state index in [0.29, 0.717) is 4.90 Å². The smallest absolute Gasteiger partial charge is 0.175 e. The van der Waals surface area contributed by atoms with Crippen molar-refractivity contribution in [1.29, 1.82) is 0 Å². The van der Waals surface area contributed by atoms with Crippen LogP contribution in [0.3, 0.4) is 0 Å². The molecular formula is C16H15N3O2S. The van der Waals surface area contributed by atoms with E-state index in [1.165, 1.54) is 6.26 Å². The fraction of sp³-hybridized carbons (Fsp3) is 0.125. The highest BCUT2D eigenvalue weighted by atomic mass is 32.2. The first-order valence-corrected chi connectivity index (χ1v) is 8.59. The molecule has 0 atom stereocenters. The van der Waals surface area contributed by atoms with E-state index in [1.807, 2.05) is 25.4 Å². The molecule has 0 spiro atoms. The van der Waals surface area contributed by atoms with Gasteiger partial charge >= 0.3 is 0 Å². The van der Waals surface area contributed by atoms with Crippen LogP contribution in [-0.4, -0.2) is 29.4 Å². The molecule has 0 saturated heterocycles. The number of benzene rings is 1. The highest BCUT2D eigenvalue weighted by Gasteiger charge is 2.13. The van der Waals surface area contributed by atoms with E-state index in [-0.39, 0.29) is 0 Å². The summed E-state index contributed by atoms with van der Waals surface area (Å²) in [6.07, 6.45) is 6.57. The van der Waals surface area contributed by atoms with Crippen molar-refractivity contribution in [2.24, 2.45) is 7.05 Å². The van der Waals surface area contributed by atoms with Gasteiger partial charge in [0.1, 0.15) is 5.69 Å². The molecule has 0 unspecified atom stereocenters. The molecule has 0 N–H and O–H groups in total. The number of nitrogens with zero attached hydrogens (tertiary/aromatic N) is 3. The first-order valence-electron chi connectivity index (χ1n) is 6.70. The lowest BCUT2D eigenvalue weighted by Gasteiger charge is -2.04. The van der Waals surface area contributed by atoms with Crippen LogP contribution >= 0.6 is 0 Å². The van der Waals surface area contributed by atoms with Crippen molar-refractivity contribution in [2.45, 2.75) is 4.90 Å². The summed E-state index contributed by atoms with van der Waals surface area (Å²) in [5, 5.41) is 4.50. The van der Waals surface area contributed by atoms with Crippen molar-refractivity contribution in [3.8, 4) is 22.4 Å². The molecule has 0 bridgehead atoms. The third-order valence-corrected chi connectivity index (χ3v) is 4.50. The zero-order valence-electron chi connectivity index (χ0n) is 12.3. The number of aromatic nitrogens is 3. The molecule has 0 radical (unpaired) electrons. The van der Waals surface area contributed by atoms with Crippen LogP contribution in [0, 0.1) is 0 Å². The van der Waals surface area contributed by atoms with Crippen LogP contribution in [0.1, 0.15) is 0 Å². The van der Waals surface area contributed by atoms with Crippen LogP contribution in [0.15, 0.2) is 59.9 Å². The van der Waals surface area contributed by atoms with Gasteiger partial charge in [-0.1, -0.05) is 12.1 Å². The third kappa shape index (κ3) is 2.78. The molecular weight excluding hydrogens is 298 g/mol. The molecule has 0 saturated carbocycles. The molecule has 6 heteroatoms. The third-order valence-electron chi connectivity index (χ3n) is 3.38. The van der Waals surface area contributed by atoms with Crippen LogP contribution in [0.2, 0.25) is 0 Å². The lowest BCUT2D eigenvalue weighted by atomic mass is 10.0. The van der Waals surface area contributed by atoms with E-state index >= 15 is 0 Å². The SMILES string of the molecule is Cn1cc(-c2ccc(S(C)(=O)=O)cc2)c(-c2ccncc2)n1. The Morgan fingerprint density at radius 1 is 0.955 bits per heavy atom. The van der Waals surface area contributed by atoms with E-state index in [0.717, 1.165) is 22.4 Å². The van der Waals surface area contributed by atoms with Gasteiger partial charge in [0, 0.05) is 43.0 Å². The normalized spacial score (nSPS) is 11.5. The van der Waals surface area contributed by atoms with Crippen molar-refractivity contribution in [3.63, 3.8) is 0 Å². The van der Waals surface area contributed by atoms with Crippen LogP contribution in [0.25, 0.3) is 22.4 Å². The predicted octanol–water partition coefficient (Wildman–Crippen LogP) is 2.55. The van der Waals surface area contributed by atoms with E-state index < -0.39 is 9.84 Å². The quantitative estimate of drug-likeness (QED) is 0.745. The van der Waals surface area contributed by atoms with Gasteiger partial charge in [-0.05, 0) is 29.8 Å². The van der Waals surface area contributed by atoms with Crippen molar-refractivity contribution in [1.82, 2.24) is 14.8 Å². The number of pyridine rings is 1.